The third-order valence-electron chi connectivity index (χ3n) is 11.4. The van der Waals surface area contributed by atoms with Crippen molar-refractivity contribution in [1.29, 1.82) is 0 Å². The number of likely N-dealkylation sites (tertiary alicyclic amines) is 1. The summed E-state index contributed by atoms with van der Waals surface area (Å²) in [4.78, 5) is 76.1. The van der Waals surface area contributed by atoms with Gasteiger partial charge in [0.25, 0.3) is 11.8 Å². The number of rotatable bonds is 15. The second-order valence-corrected chi connectivity index (χ2v) is 15.5. The molecule has 60 heavy (non-hydrogen) atoms. The van der Waals surface area contributed by atoms with E-state index in [2.05, 4.69) is 31.1 Å². The lowest BCUT2D eigenvalue weighted by Crippen LogP contribution is -2.54. The number of benzene rings is 2. The minimum absolute atomic E-state index is 0.0240. The quantitative estimate of drug-likeness (QED) is 0.0753. The van der Waals surface area contributed by atoms with Crippen molar-refractivity contribution in [3.8, 4) is 0 Å². The van der Waals surface area contributed by atoms with E-state index in [1.54, 1.807) is 18.3 Å². The molecule has 16 nitrogen and oxygen atoms in total. The standard InChI is InChI=1S/C42H45F2N11O5/c1-24-20-33(52-51-24)47-37-30-23-46-55(38(30)50-42(49-37)45-22-26-12-13-27(43)21-31(26)44)28-16-18-53(19-17-28)35(57)11-6-4-2-3-5-8-25-9-7-10-29-36(25)41(60)54(40(29)59)32-14-15-34(56)48-39(32)58/h7,9-10,12-13,20-21,23,28,32H,2-6,8,11,14-19,22H2,1H3,(H,48,56,58)(H3,45,47,49,50,51,52). The van der Waals surface area contributed by atoms with Crippen molar-refractivity contribution in [3.63, 3.8) is 0 Å². The average Bonchev–Trinajstić information content (AvgIpc) is 3.92. The number of piperidine rings is 2. The molecule has 0 radical (unpaired) electrons. The zero-order chi connectivity index (χ0) is 41.9. The van der Waals surface area contributed by atoms with Crippen LogP contribution < -0.4 is 16.0 Å². The summed E-state index contributed by atoms with van der Waals surface area (Å²) in [5.74, 6) is -2.01. The maximum absolute atomic E-state index is 14.4. The first-order chi connectivity index (χ1) is 29.0. The summed E-state index contributed by atoms with van der Waals surface area (Å²) in [6, 6.07) is 9.42. The molecule has 1 atom stereocenters. The Labute approximate surface area is 343 Å². The second kappa shape index (κ2) is 17.3. The van der Waals surface area contributed by atoms with Gasteiger partial charge in [0.2, 0.25) is 23.7 Å². The Morgan fingerprint density at radius 1 is 0.917 bits per heavy atom. The van der Waals surface area contributed by atoms with Crippen molar-refractivity contribution in [1.82, 2.24) is 45.1 Å². The van der Waals surface area contributed by atoms with E-state index in [9.17, 15) is 32.8 Å². The molecule has 0 aliphatic carbocycles. The van der Waals surface area contributed by atoms with Crippen LogP contribution in [0.1, 0.15) is 108 Å². The third kappa shape index (κ3) is 8.44. The summed E-state index contributed by atoms with van der Waals surface area (Å²) in [7, 11) is 0. The number of nitrogens with one attached hydrogen (secondary N) is 4. The zero-order valence-corrected chi connectivity index (χ0v) is 33.1. The van der Waals surface area contributed by atoms with Crippen molar-refractivity contribution in [2.75, 3.05) is 23.7 Å². The maximum atomic E-state index is 14.4. The van der Waals surface area contributed by atoms with Gasteiger partial charge < -0.3 is 15.5 Å². The Hall–Kier alpha value is -6.59. The van der Waals surface area contributed by atoms with Crippen LogP contribution in [0, 0.1) is 18.6 Å². The van der Waals surface area contributed by atoms with Gasteiger partial charge in [-0.2, -0.15) is 20.2 Å². The molecule has 3 aliphatic heterocycles. The van der Waals surface area contributed by atoms with Crippen LogP contribution in [-0.4, -0.2) is 88.4 Å². The summed E-state index contributed by atoms with van der Waals surface area (Å²) >= 11 is 0. The summed E-state index contributed by atoms with van der Waals surface area (Å²) in [6.45, 7) is 3.06. The van der Waals surface area contributed by atoms with Crippen molar-refractivity contribution >= 4 is 58.2 Å². The summed E-state index contributed by atoms with van der Waals surface area (Å²) < 4.78 is 29.8. The maximum Gasteiger partial charge on any atom is 0.262 e. The van der Waals surface area contributed by atoms with Crippen LogP contribution >= 0.6 is 0 Å². The van der Waals surface area contributed by atoms with Gasteiger partial charge in [0, 0.05) is 55.9 Å². The number of hydrogen-bond donors (Lipinski definition) is 4. The van der Waals surface area contributed by atoms with Crippen LogP contribution in [0.15, 0.2) is 48.7 Å². The van der Waals surface area contributed by atoms with Gasteiger partial charge in [-0.05, 0) is 63.1 Å². The van der Waals surface area contributed by atoms with Crippen LogP contribution in [0.25, 0.3) is 11.0 Å². The Balaban J connectivity index is 0.812. The normalized spacial score (nSPS) is 17.1. The molecule has 3 aromatic heterocycles. The highest BCUT2D eigenvalue weighted by atomic mass is 19.1. The fourth-order valence-electron chi connectivity index (χ4n) is 8.24. The van der Waals surface area contributed by atoms with Crippen molar-refractivity contribution in [3.05, 3.63) is 88.2 Å². The summed E-state index contributed by atoms with van der Waals surface area (Å²) in [5, 5.41) is 21.0. The highest BCUT2D eigenvalue weighted by molar-refractivity contribution is 6.24. The van der Waals surface area contributed by atoms with Gasteiger partial charge in [-0.25, -0.2) is 13.5 Å². The lowest BCUT2D eigenvalue weighted by atomic mass is 9.97. The molecular weight excluding hydrogens is 777 g/mol. The van der Waals surface area contributed by atoms with Crippen LogP contribution in [0.2, 0.25) is 0 Å². The molecule has 2 aromatic carbocycles. The fraction of sp³-hybridized carbons (Fsp3) is 0.405. The number of aromatic amines is 1. The average molecular weight is 822 g/mol. The molecule has 0 spiro atoms. The molecular formula is C42H45F2N11O5. The van der Waals surface area contributed by atoms with E-state index in [0.717, 1.165) is 54.3 Å². The first-order valence-electron chi connectivity index (χ1n) is 20.4. The van der Waals surface area contributed by atoms with Crippen molar-refractivity contribution in [2.24, 2.45) is 0 Å². The first-order valence-corrected chi connectivity index (χ1v) is 20.4. The van der Waals surface area contributed by atoms with E-state index in [0.29, 0.717) is 72.6 Å². The number of halogens is 2. The topological polar surface area (TPSA) is 200 Å². The largest absolute Gasteiger partial charge is 0.350 e. The molecule has 6 heterocycles. The van der Waals surface area contributed by atoms with Gasteiger partial charge in [-0.15, -0.1) is 0 Å². The molecule has 8 rings (SSSR count). The zero-order valence-electron chi connectivity index (χ0n) is 33.1. The van der Waals surface area contributed by atoms with Gasteiger partial charge in [-0.1, -0.05) is 37.5 Å². The molecule has 3 aliphatic rings. The van der Waals surface area contributed by atoms with Crippen molar-refractivity contribution < 1.29 is 32.8 Å². The number of amides is 5. The number of aryl methyl sites for hydroxylation is 2. The second-order valence-electron chi connectivity index (χ2n) is 15.5. The Bertz CT molecular complexity index is 2480. The minimum Gasteiger partial charge on any atom is -0.350 e. The molecule has 1 unspecified atom stereocenters. The number of fused-ring (bicyclic) bond motifs is 2. The molecule has 5 aromatic rings. The van der Waals surface area contributed by atoms with Crippen LogP contribution in [0.4, 0.5) is 26.4 Å². The number of aromatic nitrogens is 6. The number of anilines is 3. The Morgan fingerprint density at radius 2 is 1.72 bits per heavy atom. The lowest BCUT2D eigenvalue weighted by Gasteiger charge is -2.32. The Kier molecular flexibility index (Phi) is 11.6. The molecule has 2 fully saturated rings. The minimum atomic E-state index is -0.994. The molecule has 4 N–H and O–H groups in total. The van der Waals surface area contributed by atoms with Crippen LogP contribution in [0.5, 0.6) is 0 Å². The number of hydrogen-bond acceptors (Lipinski definition) is 11. The van der Waals surface area contributed by atoms with E-state index < -0.39 is 41.3 Å². The molecule has 312 valence electrons. The molecule has 0 saturated carbocycles. The van der Waals surface area contributed by atoms with E-state index in [-0.39, 0.29) is 42.8 Å². The van der Waals surface area contributed by atoms with Crippen LogP contribution in [0.3, 0.4) is 0 Å². The van der Waals surface area contributed by atoms with Gasteiger partial charge in [-0.3, -0.25) is 39.3 Å². The summed E-state index contributed by atoms with van der Waals surface area (Å²) in [5.41, 5.74) is 3.09. The number of carbonyl (C=O) groups excluding carboxylic acids is 5. The third-order valence-corrected chi connectivity index (χ3v) is 11.4. The van der Waals surface area contributed by atoms with E-state index >= 15 is 0 Å². The number of carbonyl (C=O) groups is 5. The summed E-state index contributed by atoms with van der Waals surface area (Å²) in [6.07, 6.45) is 8.55. The van der Waals surface area contributed by atoms with Gasteiger partial charge in [0.15, 0.2) is 11.5 Å². The van der Waals surface area contributed by atoms with Crippen molar-refractivity contribution in [2.45, 2.75) is 96.2 Å². The lowest BCUT2D eigenvalue weighted by molar-refractivity contribution is -0.136. The highest BCUT2D eigenvalue weighted by Crippen LogP contribution is 2.32. The molecule has 5 amide bonds. The number of H-pyrrole nitrogens is 1. The van der Waals surface area contributed by atoms with Gasteiger partial charge >= 0.3 is 0 Å². The predicted molar refractivity (Wildman–Crippen MR) is 215 cm³/mol. The molecule has 2 saturated heterocycles. The smallest absolute Gasteiger partial charge is 0.262 e. The first kappa shape index (κ1) is 40.2. The van der Waals surface area contributed by atoms with E-state index in [1.165, 1.54) is 12.1 Å². The Morgan fingerprint density at radius 3 is 2.48 bits per heavy atom. The SMILES string of the molecule is Cc1cc(Nc2nc(NCc3ccc(F)cc3F)nc3c2cnn3C2CCN(C(=O)CCCCCCCc3cccc4c3C(=O)N(C3CCC(=O)NC3=O)C4=O)CC2)n[nH]1. The number of imide groups is 2. The van der Waals surface area contributed by atoms with E-state index in [4.69, 9.17) is 10.1 Å². The monoisotopic (exact) mass is 821 g/mol. The fourth-order valence-corrected chi connectivity index (χ4v) is 8.24. The highest BCUT2D eigenvalue weighted by Gasteiger charge is 2.45. The number of nitrogens with zero attached hydrogens (tertiary/aromatic N) is 7. The van der Waals surface area contributed by atoms with Crippen LogP contribution in [-0.2, 0) is 27.3 Å². The van der Waals surface area contributed by atoms with Gasteiger partial charge in [0.1, 0.15) is 23.5 Å². The molecule has 0 bridgehead atoms. The predicted octanol–water partition coefficient (Wildman–Crippen LogP) is 5.64. The molecule has 18 heteroatoms. The number of unbranched alkanes of at least 4 members (excludes halogenated alkanes) is 4. The van der Waals surface area contributed by atoms with Gasteiger partial charge in [0.05, 0.1) is 28.8 Å². The van der Waals surface area contributed by atoms with E-state index in [1.807, 2.05) is 28.6 Å².